The minimum atomic E-state index is -0.00562. The minimum Gasteiger partial charge on any atom is -0.381 e. The highest BCUT2D eigenvalue weighted by Crippen LogP contribution is 2.26. The van der Waals surface area contributed by atoms with Crippen molar-refractivity contribution < 1.29 is 14.3 Å². The lowest BCUT2D eigenvalue weighted by molar-refractivity contribution is -0.128. The summed E-state index contributed by atoms with van der Waals surface area (Å²) >= 11 is 0. The number of hydrogen-bond donors (Lipinski definition) is 0. The van der Waals surface area contributed by atoms with E-state index in [0.717, 1.165) is 43.9 Å². The lowest BCUT2D eigenvalue weighted by Crippen LogP contribution is -2.36. The van der Waals surface area contributed by atoms with E-state index in [-0.39, 0.29) is 11.8 Å². The fourth-order valence-electron chi connectivity index (χ4n) is 3.89. The van der Waals surface area contributed by atoms with E-state index < -0.39 is 0 Å². The fraction of sp³-hybridized carbons (Fsp3) is 0.579. The quantitative estimate of drug-likeness (QED) is 0.795. The van der Waals surface area contributed by atoms with Gasteiger partial charge in [-0.1, -0.05) is 0 Å². The lowest BCUT2D eigenvalue weighted by Gasteiger charge is -2.22. The first-order valence-electron chi connectivity index (χ1n) is 9.60. The number of carbonyl (C=O) groups is 2. The van der Waals surface area contributed by atoms with Gasteiger partial charge in [-0.15, -0.1) is 10.2 Å². The SMILES string of the molecule is CC(=O)N1CCCN(C(=O)c2ccc3nnc(C4CCOCC4)n3c2)CC1. The molecule has 4 heterocycles. The Hall–Kier alpha value is -2.48. The van der Waals surface area contributed by atoms with Gasteiger partial charge in [0.2, 0.25) is 5.91 Å². The number of aromatic nitrogens is 3. The number of carbonyl (C=O) groups excluding carboxylic acids is 2. The molecule has 2 saturated heterocycles. The summed E-state index contributed by atoms with van der Waals surface area (Å²) in [7, 11) is 0. The molecule has 0 saturated carbocycles. The van der Waals surface area contributed by atoms with E-state index in [1.54, 1.807) is 11.8 Å². The first-order valence-corrected chi connectivity index (χ1v) is 9.60. The van der Waals surface area contributed by atoms with Crippen LogP contribution in [0, 0.1) is 0 Å². The molecule has 2 aliphatic heterocycles. The van der Waals surface area contributed by atoms with Gasteiger partial charge < -0.3 is 14.5 Å². The standard InChI is InChI=1S/C19H25N5O3/c1-14(25)22-7-2-8-23(10-9-22)19(26)16-3-4-17-20-21-18(24(17)13-16)15-5-11-27-12-6-15/h3-4,13,15H,2,5-12H2,1H3. The highest BCUT2D eigenvalue weighted by atomic mass is 16.5. The average molecular weight is 371 g/mol. The molecular formula is C19H25N5O3. The van der Waals surface area contributed by atoms with E-state index >= 15 is 0 Å². The monoisotopic (exact) mass is 371 g/mol. The second-order valence-corrected chi connectivity index (χ2v) is 7.24. The molecule has 4 rings (SSSR count). The van der Waals surface area contributed by atoms with Crippen LogP contribution in [0.15, 0.2) is 18.3 Å². The van der Waals surface area contributed by atoms with Crippen molar-refractivity contribution in [2.24, 2.45) is 0 Å². The van der Waals surface area contributed by atoms with Crippen LogP contribution in [0.3, 0.4) is 0 Å². The summed E-state index contributed by atoms with van der Waals surface area (Å²) in [4.78, 5) is 28.3. The zero-order chi connectivity index (χ0) is 18.8. The Bertz CT molecular complexity index is 843. The van der Waals surface area contributed by atoms with Crippen LogP contribution in [-0.4, -0.2) is 75.6 Å². The van der Waals surface area contributed by atoms with Crippen molar-refractivity contribution in [1.29, 1.82) is 0 Å². The Kier molecular flexibility index (Phi) is 5.07. The molecule has 2 fully saturated rings. The third-order valence-corrected chi connectivity index (χ3v) is 5.49. The van der Waals surface area contributed by atoms with Crippen LogP contribution in [0.5, 0.6) is 0 Å². The topological polar surface area (TPSA) is 80.0 Å². The molecular weight excluding hydrogens is 346 g/mol. The predicted octanol–water partition coefficient (Wildman–Crippen LogP) is 1.32. The number of pyridine rings is 1. The molecule has 8 heteroatoms. The summed E-state index contributed by atoms with van der Waals surface area (Å²) in [6.45, 7) is 5.56. The van der Waals surface area contributed by atoms with Gasteiger partial charge in [0, 0.05) is 58.4 Å². The van der Waals surface area contributed by atoms with Gasteiger partial charge in [0.25, 0.3) is 5.91 Å². The highest BCUT2D eigenvalue weighted by molar-refractivity contribution is 5.94. The Balaban J connectivity index is 1.56. The second-order valence-electron chi connectivity index (χ2n) is 7.24. The van der Waals surface area contributed by atoms with Gasteiger partial charge in [0.15, 0.2) is 5.65 Å². The van der Waals surface area contributed by atoms with Crippen molar-refractivity contribution in [2.45, 2.75) is 32.1 Å². The molecule has 2 aromatic rings. The van der Waals surface area contributed by atoms with E-state index in [2.05, 4.69) is 10.2 Å². The molecule has 0 atom stereocenters. The Morgan fingerprint density at radius 1 is 1.04 bits per heavy atom. The molecule has 27 heavy (non-hydrogen) atoms. The number of amides is 2. The molecule has 2 amide bonds. The van der Waals surface area contributed by atoms with Crippen LogP contribution in [0.2, 0.25) is 0 Å². The van der Waals surface area contributed by atoms with Crippen LogP contribution < -0.4 is 0 Å². The largest absolute Gasteiger partial charge is 0.381 e. The Morgan fingerprint density at radius 3 is 2.56 bits per heavy atom. The van der Waals surface area contributed by atoms with E-state index in [1.165, 1.54) is 0 Å². The van der Waals surface area contributed by atoms with Gasteiger partial charge in [0.1, 0.15) is 5.82 Å². The number of nitrogens with zero attached hydrogens (tertiary/aromatic N) is 5. The summed E-state index contributed by atoms with van der Waals surface area (Å²) in [5, 5.41) is 8.62. The summed E-state index contributed by atoms with van der Waals surface area (Å²) in [5.74, 6) is 1.27. The number of fused-ring (bicyclic) bond motifs is 1. The van der Waals surface area contributed by atoms with Crippen molar-refractivity contribution in [2.75, 3.05) is 39.4 Å². The van der Waals surface area contributed by atoms with Crippen LogP contribution in [0.4, 0.5) is 0 Å². The lowest BCUT2D eigenvalue weighted by atomic mass is 9.99. The average Bonchev–Trinajstić information content (AvgIpc) is 2.95. The van der Waals surface area contributed by atoms with Gasteiger partial charge in [-0.3, -0.25) is 14.0 Å². The number of ether oxygens (including phenoxy) is 1. The molecule has 8 nitrogen and oxygen atoms in total. The van der Waals surface area contributed by atoms with Gasteiger partial charge in [0.05, 0.1) is 5.56 Å². The minimum absolute atomic E-state index is 0.00562. The molecule has 0 N–H and O–H groups in total. The molecule has 2 aliphatic rings. The zero-order valence-corrected chi connectivity index (χ0v) is 15.6. The molecule has 0 radical (unpaired) electrons. The maximum Gasteiger partial charge on any atom is 0.255 e. The summed E-state index contributed by atoms with van der Waals surface area (Å²) in [6.07, 6.45) is 4.50. The normalized spacial score (nSPS) is 19.3. The van der Waals surface area contributed by atoms with Crippen molar-refractivity contribution in [1.82, 2.24) is 24.4 Å². The highest BCUT2D eigenvalue weighted by Gasteiger charge is 2.24. The number of hydrogen-bond acceptors (Lipinski definition) is 5. The van der Waals surface area contributed by atoms with Crippen molar-refractivity contribution in [3.8, 4) is 0 Å². The van der Waals surface area contributed by atoms with Gasteiger partial charge in [-0.2, -0.15) is 0 Å². The maximum atomic E-state index is 13.0. The van der Waals surface area contributed by atoms with E-state index in [1.807, 2.05) is 27.6 Å². The fourth-order valence-corrected chi connectivity index (χ4v) is 3.89. The molecule has 144 valence electrons. The first kappa shape index (κ1) is 17.9. The summed E-state index contributed by atoms with van der Waals surface area (Å²) in [6, 6.07) is 3.66. The van der Waals surface area contributed by atoms with Crippen LogP contribution in [0.1, 0.15) is 48.3 Å². The third-order valence-electron chi connectivity index (χ3n) is 5.49. The van der Waals surface area contributed by atoms with E-state index in [9.17, 15) is 9.59 Å². The predicted molar refractivity (Wildman–Crippen MR) is 98.6 cm³/mol. The molecule has 0 bridgehead atoms. The summed E-state index contributed by atoms with van der Waals surface area (Å²) < 4.78 is 7.39. The van der Waals surface area contributed by atoms with Gasteiger partial charge >= 0.3 is 0 Å². The van der Waals surface area contributed by atoms with Gasteiger partial charge in [-0.25, -0.2) is 0 Å². The summed E-state index contributed by atoms with van der Waals surface area (Å²) in [5.41, 5.74) is 1.39. The maximum absolute atomic E-state index is 13.0. The molecule has 0 spiro atoms. The van der Waals surface area contributed by atoms with Crippen LogP contribution >= 0.6 is 0 Å². The Morgan fingerprint density at radius 2 is 1.78 bits per heavy atom. The second kappa shape index (κ2) is 7.64. The van der Waals surface area contributed by atoms with Crippen molar-refractivity contribution in [3.05, 3.63) is 29.7 Å². The van der Waals surface area contributed by atoms with Gasteiger partial charge in [-0.05, 0) is 31.4 Å². The van der Waals surface area contributed by atoms with E-state index in [0.29, 0.717) is 37.7 Å². The molecule has 0 aromatic carbocycles. The van der Waals surface area contributed by atoms with Crippen LogP contribution in [0.25, 0.3) is 5.65 Å². The van der Waals surface area contributed by atoms with Crippen molar-refractivity contribution >= 4 is 17.5 Å². The van der Waals surface area contributed by atoms with Crippen LogP contribution in [-0.2, 0) is 9.53 Å². The smallest absolute Gasteiger partial charge is 0.255 e. The molecule has 0 unspecified atom stereocenters. The first-order chi connectivity index (χ1) is 13.1. The number of rotatable bonds is 2. The molecule has 0 aliphatic carbocycles. The zero-order valence-electron chi connectivity index (χ0n) is 15.6. The Labute approximate surface area is 158 Å². The third kappa shape index (κ3) is 3.66. The van der Waals surface area contributed by atoms with E-state index in [4.69, 9.17) is 4.74 Å². The molecule has 2 aromatic heterocycles. The van der Waals surface area contributed by atoms with Crippen molar-refractivity contribution in [3.63, 3.8) is 0 Å².